The Bertz CT molecular complexity index is 529. The lowest BCUT2D eigenvalue weighted by Crippen LogP contribution is -1.89. The first-order valence-corrected chi connectivity index (χ1v) is 6.06. The highest BCUT2D eigenvalue weighted by Crippen LogP contribution is 2.26. The Balaban J connectivity index is 2.07. The Morgan fingerprint density at radius 3 is 2.59 bits per heavy atom. The standard InChI is InChI=1S/C13H11F2NS/c14-10-3-1-2-9(6-10)8-17-13-5-4-11(16)7-12(13)15/h1-7H,8,16H2. The quantitative estimate of drug-likeness (QED) is 0.662. The topological polar surface area (TPSA) is 26.0 Å². The molecular formula is C13H11F2NS. The molecule has 0 aromatic heterocycles. The van der Waals surface area contributed by atoms with E-state index >= 15 is 0 Å². The minimum atomic E-state index is -0.341. The van der Waals surface area contributed by atoms with Crippen LogP contribution in [0.4, 0.5) is 14.5 Å². The molecule has 17 heavy (non-hydrogen) atoms. The van der Waals surface area contributed by atoms with Crippen LogP contribution in [0.1, 0.15) is 5.56 Å². The SMILES string of the molecule is Nc1ccc(SCc2cccc(F)c2)c(F)c1. The van der Waals surface area contributed by atoms with Gasteiger partial charge in [-0.3, -0.25) is 0 Å². The summed E-state index contributed by atoms with van der Waals surface area (Å²) in [6, 6.07) is 10.9. The van der Waals surface area contributed by atoms with Gasteiger partial charge in [-0.25, -0.2) is 8.78 Å². The lowest BCUT2D eigenvalue weighted by molar-refractivity contribution is 0.602. The summed E-state index contributed by atoms with van der Waals surface area (Å²) in [4.78, 5) is 0.517. The van der Waals surface area contributed by atoms with Crippen molar-refractivity contribution in [1.29, 1.82) is 0 Å². The number of nitrogens with two attached hydrogens (primary N) is 1. The fraction of sp³-hybridized carbons (Fsp3) is 0.0769. The molecule has 0 aliphatic rings. The smallest absolute Gasteiger partial charge is 0.138 e. The average Bonchev–Trinajstić information content (AvgIpc) is 2.28. The molecule has 4 heteroatoms. The monoisotopic (exact) mass is 251 g/mol. The van der Waals surface area contributed by atoms with Crippen LogP contribution in [0.5, 0.6) is 0 Å². The molecule has 0 heterocycles. The van der Waals surface area contributed by atoms with E-state index in [0.717, 1.165) is 5.56 Å². The normalized spacial score (nSPS) is 10.5. The summed E-state index contributed by atoms with van der Waals surface area (Å²) < 4.78 is 26.4. The Kier molecular flexibility index (Phi) is 3.64. The highest BCUT2D eigenvalue weighted by atomic mass is 32.2. The molecule has 0 unspecified atom stereocenters. The van der Waals surface area contributed by atoms with E-state index in [1.54, 1.807) is 18.2 Å². The van der Waals surface area contributed by atoms with Gasteiger partial charge in [0.25, 0.3) is 0 Å². The van der Waals surface area contributed by atoms with Crippen molar-refractivity contribution in [2.24, 2.45) is 0 Å². The van der Waals surface area contributed by atoms with Gasteiger partial charge in [-0.2, -0.15) is 0 Å². The van der Waals surface area contributed by atoms with Gasteiger partial charge in [0.05, 0.1) is 0 Å². The number of halogens is 2. The Hall–Kier alpha value is -1.55. The van der Waals surface area contributed by atoms with Crippen molar-refractivity contribution in [2.75, 3.05) is 5.73 Å². The van der Waals surface area contributed by atoms with Crippen molar-refractivity contribution >= 4 is 17.4 Å². The van der Waals surface area contributed by atoms with Gasteiger partial charge in [-0.1, -0.05) is 12.1 Å². The van der Waals surface area contributed by atoms with E-state index in [-0.39, 0.29) is 11.6 Å². The van der Waals surface area contributed by atoms with Crippen LogP contribution in [-0.4, -0.2) is 0 Å². The summed E-state index contributed by atoms with van der Waals surface area (Å²) in [5, 5.41) is 0. The molecule has 2 rings (SSSR count). The number of nitrogen functional groups attached to an aromatic ring is 1. The molecule has 0 aliphatic heterocycles. The summed E-state index contributed by atoms with van der Waals surface area (Å²) in [6.45, 7) is 0. The van der Waals surface area contributed by atoms with Crippen LogP contribution in [0.2, 0.25) is 0 Å². The molecular weight excluding hydrogens is 240 g/mol. The van der Waals surface area contributed by atoms with E-state index in [1.165, 1.54) is 30.0 Å². The zero-order valence-corrected chi connectivity index (χ0v) is 9.81. The van der Waals surface area contributed by atoms with Gasteiger partial charge in [0.2, 0.25) is 0 Å². The van der Waals surface area contributed by atoms with E-state index in [0.29, 0.717) is 16.3 Å². The highest BCUT2D eigenvalue weighted by Gasteiger charge is 2.04. The Morgan fingerprint density at radius 1 is 1.06 bits per heavy atom. The van der Waals surface area contributed by atoms with Crippen LogP contribution in [0, 0.1) is 11.6 Å². The number of benzene rings is 2. The molecule has 0 spiro atoms. The maximum atomic E-state index is 13.5. The van der Waals surface area contributed by atoms with Crippen molar-refractivity contribution in [3.05, 3.63) is 59.7 Å². The van der Waals surface area contributed by atoms with Crippen LogP contribution < -0.4 is 5.73 Å². The van der Waals surface area contributed by atoms with Gasteiger partial charge in [0, 0.05) is 16.3 Å². The first kappa shape index (κ1) is 11.9. The second kappa shape index (κ2) is 5.19. The molecule has 0 fully saturated rings. The number of thioether (sulfide) groups is 1. The van der Waals surface area contributed by atoms with Gasteiger partial charge >= 0.3 is 0 Å². The van der Waals surface area contributed by atoms with Crippen LogP contribution in [0.3, 0.4) is 0 Å². The molecule has 0 atom stereocenters. The van der Waals surface area contributed by atoms with E-state index in [2.05, 4.69) is 0 Å². The maximum Gasteiger partial charge on any atom is 0.138 e. The molecule has 2 N–H and O–H groups in total. The predicted octanol–water partition coefficient (Wildman–Crippen LogP) is 3.84. The zero-order chi connectivity index (χ0) is 12.3. The van der Waals surface area contributed by atoms with E-state index in [4.69, 9.17) is 5.73 Å². The lowest BCUT2D eigenvalue weighted by atomic mass is 10.2. The number of rotatable bonds is 3. The van der Waals surface area contributed by atoms with Gasteiger partial charge < -0.3 is 5.73 Å². The van der Waals surface area contributed by atoms with Gasteiger partial charge in [0.15, 0.2) is 0 Å². The summed E-state index contributed by atoms with van der Waals surface area (Å²) >= 11 is 1.32. The molecule has 0 radical (unpaired) electrons. The molecule has 0 saturated carbocycles. The fourth-order valence-corrected chi connectivity index (χ4v) is 2.28. The van der Waals surface area contributed by atoms with Gasteiger partial charge in [-0.05, 0) is 35.9 Å². The fourth-order valence-electron chi connectivity index (χ4n) is 1.42. The van der Waals surface area contributed by atoms with Gasteiger partial charge in [0.1, 0.15) is 11.6 Å². The summed E-state index contributed by atoms with van der Waals surface area (Å²) in [6.07, 6.45) is 0. The molecule has 1 nitrogen and oxygen atoms in total. The predicted molar refractivity (Wildman–Crippen MR) is 66.8 cm³/mol. The molecule has 2 aromatic carbocycles. The third-order valence-electron chi connectivity index (χ3n) is 2.24. The molecule has 88 valence electrons. The highest BCUT2D eigenvalue weighted by molar-refractivity contribution is 7.98. The van der Waals surface area contributed by atoms with Crippen LogP contribution >= 0.6 is 11.8 Å². The zero-order valence-electron chi connectivity index (χ0n) is 8.99. The van der Waals surface area contributed by atoms with E-state index in [9.17, 15) is 8.78 Å². The minimum absolute atomic E-state index is 0.277. The van der Waals surface area contributed by atoms with Crippen molar-refractivity contribution in [1.82, 2.24) is 0 Å². The number of hydrogen-bond donors (Lipinski definition) is 1. The largest absolute Gasteiger partial charge is 0.399 e. The van der Waals surface area contributed by atoms with Crippen molar-refractivity contribution in [3.63, 3.8) is 0 Å². The molecule has 2 aromatic rings. The molecule has 0 amide bonds. The van der Waals surface area contributed by atoms with Crippen molar-refractivity contribution in [3.8, 4) is 0 Å². The van der Waals surface area contributed by atoms with Crippen LogP contribution in [0.25, 0.3) is 0 Å². The second-order valence-corrected chi connectivity index (χ2v) is 4.63. The summed E-state index contributed by atoms with van der Waals surface area (Å²) in [5.74, 6) is -0.0919. The van der Waals surface area contributed by atoms with Crippen LogP contribution in [0.15, 0.2) is 47.4 Å². The maximum absolute atomic E-state index is 13.5. The molecule has 0 saturated heterocycles. The average molecular weight is 251 g/mol. The first-order chi connectivity index (χ1) is 8.15. The Labute approximate surface area is 103 Å². The second-order valence-electron chi connectivity index (χ2n) is 3.61. The minimum Gasteiger partial charge on any atom is -0.399 e. The third kappa shape index (κ3) is 3.20. The number of anilines is 1. The lowest BCUT2D eigenvalue weighted by Gasteiger charge is -2.04. The van der Waals surface area contributed by atoms with E-state index in [1.807, 2.05) is 6.07 Å². The number of hydrogen-bond acceptors (Lipinski definition) is 2. The van der Waals surface area contributed by atoms with E-state index < -0.39 is 0 Å². The van der Waals surface area contributed by atoms with Crippen LogP contribution in [-0.2, 0) is 5.75 Å². The molecule has 0 bridgehead atoms. The van der Waals surface area contributed by atoms with Gasteiger partial charge in [-0.15, -0.1) is 11.8 Å². The summed E-state index contributed by atoms with van der Waals surface area (Å²) in [5.41, 5.74) is 6.68. The first-order valence-electron chi connectivity index (χ1n) is 5.07. The summed E-state index contributed by atoms with van der Waals surface area (Å²) in [7, 11) is 0. The van der Waals surface area contributed by atoms with Crippen molar-refractivity contribution < 1.29 is 8.78 Å². The Morgan fingerprint density at radius 2 is 1.88 bits per heavy atom. The third-order valence-corrected chi connectivity index (χ3v) is 3.36. The van der Waals surface area contributed by atoms with Crippen molar-refractivity contribution in [2.45, 2.75) is 10.6 Å². The molecule has 0 aliphatic carbocycles.